The Bertz CT molecular complexity index is 701. The molecule has 0 saturated carbocycles. The second-order valence-electron chi connectivity index (χ2n) is 3.62. The van der Waals surface area contributed by atoms with Crippen molar-refractivity contribution >= 4 is 37.3 Å². The number of halogens is 2. The molecule has 0 bridgehead atoms. The van der Waals surface area contributed by atoms with Gasteiger partial charge in [0.25, 0.3) is 10.0 Å². The van der Waals surface area contributed by atoms with Gasteiger partial charge in [0.1, 0.15) is 10.7 Å². The molecule has 0 aliphatic rings. The van der Waals surface area contributed by atoms with Gasteiger partial charge in [0.05, 0.1) is 11.4 Å². The van der Waals surface area contributed by atoms with Crippen molar-refractivity contribution in [1.82, 2.24) is 4.98 Å². The standard InChI is InChI=1S/C11H9BrFN3O2S/c12-7-2-1-3-8(13)11(7)16-19(17,18)10-6-15-5-4-9(10)14/h1-6,16H,(H2,14,15). The third kappa shape index (κ3) is 2.85. The molecule has 0 amide bonds. The highest BCUT2D eigenvalue weighted by Crippen LogP contribution is 2.28. The lowest BCUT2D eigenvalue weighted by molar-refractivity contribution is 0.598. The van der Waals surface area contributed by atoms with Crippen LogP contribution >= 0.6 is 15.9 Å². The summed E-state index contributed by atoms with van der Waals surface area (Å²) in [5.74, 6) is -0.694. The number of aromatic nitrogens is 1. The molecule has 2 rings (SSSR count). The number of nitrogen functional groups attached to an aromatic ring is 1. The van der Waals surface area contributed by atoms with E-state index in [2.05, 4.69) is 25.6 Å². The van der Waals surface area contributed by atoms with Crippen molar-refractivity contribution in [2.24, 2.45) is 0 Å². The predicted molar refractivity (Wildman–Crippen MR) is 73.6 cm³/mol. The summed E-state index contributed by atoms with van der Waals surface area (Å²) >= 11 is 3.08. The van der Waals surface area contributed by atoms with Crippen LogP contribution < -0.4 is 10.5 Å². The van der Waals surface area contributed by atoms with E-state index < -0.39 is 15.8 Å². The second-order valence-corrected chi connectivity index (χ2v) is 6.12. The average Bonchev–Trinajstić information content (AvgIpc) is 2.34. The van der Waals surface area contributed by atoms with Crippen LogP contribution in [0.3, 0.4) is 0 Å². The molecule has 1 aromatic heterocycles. The van der Waals surface area contributed by atoms with E-state index in [0.717, 1.165) is 12.3 Å². The molecule has 0 unspecified atom stereocenters. The summed E-state index contributed by atoms with van der Waals surface area (Å²) in [5.41, 5.74) is 5.43. The van der Waals surface area contributed by atoms with Gasteiger partial charge in [-0.25, -0.2) is 12.8 Å². The molecule has 5 nitrogen and oxygen atoms in total. The quantitative estimate of drug-likeness (QED) is 0.894. The van der Waals surface area contributed by atoms with E-state index in [4.69, 9.17) is 5.73 Å². The molecule has 0 spiro atoms. The van der Waals surface area contributed by atoms with Crippen LogP contribution in [-0.4, -0.2) is 13.4 Å². The van der Waals surface area contributed by atoms with Crippen molar-refractivity contribution in [2.75, 3.05) is 10.5 Å². The molecule has 3 N–H and O–H groups in total. The third-order valence-corrected chi connectivity index (χ3v) is 4.36. The average molecular weight is 346 g/mol. The molecule has 0 aliphatic heterocycles. The van der Waals surface area contributed by atoms with Gasteiger partial charge < -0.3 is 5.73 Å². The fourth-order valence-electron chi connectivity index (χ4n) is 1.40. The first kappa shape index (κ1) is 13.8. The molecular weight excluding hydrogens is 337 g/mol. The molecule has 100 valence electrons. The van der Waals surface area contributed by atoms with Gasteiger partial charge in [0.15, 0.2) is 0 Å². The smallest absolute Gasteiger partial charge is 0.265 e. The Labute approximate surface area is 117 Å². The first-order valence-corrected chi connectivity index (χ1v) is 7.36. The van der Waals surface area contributed by atoms with Crippen molar-refractivity contribution in [3.05, 3.63) is 46.9 Å². The Hall–Kier alpha value is -1.67. The molecule has 0 saturated heterocycles. The van der Waals surface area contributed by atoms with Crippen LogP contribution in [-0.2, 0) is 10.0 Å². The van der Waals surface area contributed by atoms with Crippen LogP contribution in [0.2, 0.25) is 0 Å². The summed E-state index contributed by atoms with van der Waals surface area (Å²) in [5, 5.41) is 0. The van der Waals surface area contributed by atoms with Crippen LogP contribution in [0, 0.1) is 5.82 Å². The predicted octanol–water partition coefficient (Wildman–Crippen LogP) is 2.37. The maximum atomic E-state index is 13.6. The number of rotatable bonds is 3. The number of anilines is 2. The largest absolute Gasteiger partial charge is 0.398 e. The van der Waals surface area contributed by atoms with Crippen LogP contribution in [0.25, 0.3) is 0 Å². The molecular formula is C11H9BrFN3O2S. The van der Waals surface area contributed by atoms with Gasteiger partial charge in [-0.2, -0.15) is 0 Å². The number of nitrogens with zero attached hydrogens (tertiary/aromatic N) is 1. The minimum absolute atomic E-state index is 0.0370. The molecule has 0 atom stereocenters. The maximum Gasteiger partial charge on any atom is 0.265 e. The number of pyridine rings is 1. The first-order chi connectivity index (χ1) is 8.92. The number of benzene rings is 1. The van der Waals surface area contributed by atoms with Gasteiger partial charge >= 0.3 is 0 Å². The topological polar surface area (TPSA) is 85.1 Å². The van der Waals surface area contributed by atoms with E-state index in [1.807, 2.05) is 0 Å². The number of hydrogen-bond acceptors (Lipinski definition) is 4. The fraction of sp³-hybridized carbons (Fsp3) is 0. The zero-order valence-electron chi connectivity index (χ0n) is 9.47. The van der Waals surface area contributed by atoms with Gasteiger partial charge in [0, 0.05) is 16.9 Å². The van der Waals surface area contributed by atoms with Crippen LogP contribution in [0.5, 0.6) is 0 Å². The van der Waals surface area contributed by atoms with Crippen molar-refractivity contribution in [1.29, 1.82) is 0 Å². The molecule has 2 aromatic rings. The van der Waals surface area contributed by atoms with Crippen molar-refractivity contribution in [3.8, 4) is 0 Å². The van der Waals surface area contributed by atoms with E-state index in [9.17, 15) is 12.8 Å². The number of sulfonamides is 1. The first-order valence-electron chi connectivity index (χ1n) is 5.08. The summed E-state index contributed by atoms with van der Waals surface area (Å²) in [6.07, 6.45) is 2.47. The molecule has 1 heterocycles. The lowest BCUT2D eigenvalue weighted by Crippen LogP contribution is -2.16. The lowest BCUT2D eigenvalue weighted by atomic mass is 10.3. The van der Waals surface area contributed by atoms with E-state index in [-0.39, 0.29) is 16.3 Å². The van der Waals surface area contributed by atoms with Crippen LogP contribution in [0.15, 0.2) is 46.0 Å². The van der Waals surface area contributed by atoms with Crippen LogP contribution in [0.1, 0.15) is 0 Å². The third-order valence-electron chi connectivity index (χ3n) is 2.31. The summed E-state index contributed by atoms with van der Waals surface area (Å²) < 4.78 is 40.2. The summed E-state index contributed by atoms with van der Waals surface area (Å²) in [6, 6.07) is 5.48. The van der Waals surface area contributed by atoms with E-state index in [0.29, 0.717) is 4.47 Å². The second kappa shape index (κ2) is 5.14. The van der Waals surface area contributed by atoms with E-state index in [1.165, 1.54) is 24.4 Å². The number of para-hydroxylation sites is 1. The molecule has 8 heteroatoms. The van der Waals surface area contributed by atoms with Gasteiger partial charge in [-0.1, -0.05) is 6.07 Å². The monoisotopic (exact) mass is 345 g/mol. The highest BCUT2D eigenvalue weighted by molar-refractivity contribution is 9.10. The van der Waals surface area contributed by atoms with Crippen LogP contribution in [0.4, 0.5) is 15.8 Å². The highest BCUT2D eigenvalue weighted by Gasteiger charge is 2.20. The Morgan fingerprint density at radius 1 is 1.32 bits per heavy atom. The molecule has 0 aliphatic carbocycles. The van der Waals surface area contributed by atoms with E-state index in [1.54, 1.807) is 0 Å². The normalized spacial score (nSPS) is 11.3. The minimum atomic E-state index is -4.00. The zero-order chi connectivity index (χ0) is 14.0. The SMILES string of the molecule is Nc1ccncc1S(=O)(=O)Nc1c(F)cccc1Br. The molecule has 0 radical (unpaired) electrons. The fourth-order valence-corrected chi connectivity index (χ4v) is 3.14. The van der Waals surface area contributed by atoms with Crippen molar-refractivity contribution in [2.45, 2.75) is 4.90 Å². The van der Waals surface area contributed by atoms with Crippen molar-refractivity contribution in [3.63, 3.8) is 0 Å². The molecule has 0 fully saturated rings. The molecule has 19 heavy (non-hydrogen) atoms. The summed E-state index contributed by atoms with van der Waals surface area (Å²) in [7, 11) is -4.00. The van der Waals surface area contributed by atoms with Crippen molar-refractivity contribution < 1.29 is 12.8 Å². The minimum Gasteiger partial charge on any atom is -0.398 e. The van der Waals surface area contributed by atoms with Gasteiger partial charge in [-0.3, -0.25) is 9.71 Å². The number of hydrogen-bond donors (Lipinski definition) is 2. The Morgan fingerprint density at radius 2 is 2.05 bits per heavy atom. The van der Waals surface area contributed by atoms with Gasteiger partial charge in [-0.15, -0.1) is 0 Å². The Morgan fingerprint density at radius 3 is 2.68 bits per heavy atom. The lowest BCUT2D eigenvalue weighted by Gasteiger charge is -2.11. The summed E-state index contributed by atoms with van der Waals surface area (Å²) in [6.45, 7) is 0. The zero-order valence-corrected chi connectivity index (χ0v) is 11.9. The maximum absolute atomic E-state index is 13.6. The van der Waals surface area contributed by atoms with E-state index >= 15 is 0 Å². The Kier molecular flexibility index (Phi) is 3.72. The summed E-state index contributed by atoms with van der Waals surface area (Å²) in [4.78, 5) is 3.49. The Balaban J connectivity index is 2.46. The number of nitrogens with one attached hydrogen (secondary N) is 1. The number of nitrogens with two attached hydrogens (primary N) is 1. The highest BCUT2D eigenvalue weighted by atomic mass is 79.9. The van der Waals surface area contributed by atoms with Gasteiger partial charge in [-0.05, 0) is 34.1 Å². The van der Waals surface area contributed by atoms with Gasteiger partial charge in [0.2, 0.25) is 0 Å². The molecule has 1 aromatic carbocycles.